The second kappa shape index (κ2) is 10.7. The van der Waals surface area contributed by atoms with E-state index in [2.05, 4.69) is 16.0 Å². The molecule has 2 rings (SSSR count). The van der Waals surface area contributed by atoms with Crippen molar-refractivity contribution < 1.29 is 24.0 Å². The number of ketones is 1. The van der Waals surface area contributed by atoms with Gasteiger partial charge in [-0.05, 0) is 51.4 Å². The molecule has 5 amide bonds. The van der Waals surface area contributed by atoms with E-state index in [9.17, 15) is 24.0 Å². The number of Topliss-reactive ketones (excluding diaryl/α,β-unsaturated/α-hetero) is 1. The molecule has 1 aliphatic heterocycles. The molecule has 1 heterocycles. The molecular weight excluding hydrogens is 438 g/mol. The van der Waals surface area contributed by atoms with Crippen LogP contribution in [0, 0.1) is 11.3 Å². The number of likely N-dealkylation sites (tertiary alicyclic amines) is 1. The fourth-order valence-electron chi connectivity index (χ4n) is 4.36. The van der Waals surface area contributed by atoms with Gasteiger partial charge in [-0.3, -0.25) is 19.2 Å². The molecule has 1 saturated heterocycles. The largest absolute Gasteiger partial charge is 0.363 e. The van der Waals surface area contributed by atoms with E-state index in [0.717, 1.165) is 19.3 Å². The number of urea groups is 1. The first kappa shape index (κ1) is 27.6. The first-order chi connectivity index (χ1) is 15.6. The van der Waals surface area contributed by atoms with E-state index in [0.29, 0.717) is 25.8 Å². The van der Waals surface area contributed by atoms with Crippen molar-refractivity contribution in [3.63, 3.8) is 0 Å². The molecule has 0 spiro atoms. The second-order valence-corrected chi connectivity index (χ2v) is 11.7. The maximum atomic E-state index is 13.5. The molecule has 10 heteroatoms. The van der Waals surface area contributed by atoms with Crippen molar-refractivity contribution in [2.45, 2.75) is 104 Å². The van der Waals surface area contributed by atoms with E-state index in [-0.39, 0.29) is 11.8 Å². The number of primary amides is 1. The van der Waals surface area contributed by atoms with Gasteiger partial charge >= 0.3 is 6.03 Å². The Morgan fingerprint density at radius 2 is 1.56 bits per heavy atom. The highest BCUT2D eigenvalue weighted by atomic mass is 16.2. The third-order valence-electron chi connectivity index (χ3n) is 6.39. The van der Waals surface area contributed by atoms with Crippen LogP contribution in [0.5, 0.6) is 0 Å². The highest BCUT2D eigenvalue weighted by Gasteiger charge is 2.43. The lowest BCUT2D eigenvalue weighted by Gasteiger charge is -2.36. The first-order valence-corrected chi connectivity index (χ1v) is 12.1. The summed E-state index contributed by atoms with van der Waals surface area (Å²) in [5, 5.41) is 8.27. The van der Waals surface area contributed by atoms with Crippen molar-refractivity contribution >= 4 is 29.5 Å². The van der Waals surface area contributed by atoms with Gasteiger partial charge in [-0.2, -0.15) is 0 Å². The molecule has 0 aromatic rings. The van der Waals surface area contributed by atoms with E-state index in [1.54, 1.807) is 0 Å². The fraction of sp³-hybridized carbons (Fsp3) is 0.792. The quantitative estimate of drug-likeness (QED) is 0.386. The van der Waals surface area contributed by atoms with E-state index < -0.39 is 52.7 Å². The molecule has 0 bridgehead atoms. The Balaban J connectivity index is 2.15. The van der Waals surface area contributed by atoms with Gasteiger partial charge in [0.25, 0.3) is 5.91 Å². The number of amides is 5. The summed E-state index contributed by atoms with van der Waals surface area (Å²) in [7, 11) is 0. The molecule has 10 nitrogen and oxygen atoms in total. The number of carbonyl (C=O) groups excluding carboxylic acids is 5. The number of nitrogens with two attached hydrogens (primary N) is 1. The van der Waals surface area contributed by atoms with Crippen LogP contribution < -0.4 is 21.7 Å². The van der Waals surface area contributed by atoms with Gasteiger partial charge in [-0.1, -0.05) is 40.0 Å². The second-order valence-electron chi connectivity index (χ2n) is 11.7. The van der Waals surface area contributed by atoms with Crippen LogP contribution in [-0.2, 0) is 19.2 Å². The topological polar surface area (TPSA) is 151 Å². The number of hydrogen-bond donors (Lipinski definition) is 4. The zero-order chi connectivity index (χ0) is 25.8. The van der Waals surface area contributed by atoms with Gasteiger partial charge in [-0.25, -0.2) is 4.79 Å². The van der Waals surface area contributed by atoms with Crippen LogP contribution in [0.3, 0.4) is 0 Å². The van der Waals surface area contributed by atoms with E-state index >= 15 is 0 Å². The maximum absolute atomic E-state index is 13.5. The lowest BCUT2D eigenvalue weighted by Crippen LogP contribution is -2.61. The molecule has 2 fully saturated rings. The predicted molar refractivity (Wildman–Crippen MR) is 127 cm³/mol. The Hall–Kier alpha value is -2.65. The third-order valence-corrected chi connectivity index (χ3v) is 6.39. The van der Waals surface area contributed by atoms with Crippen LogP contribution in [-0.4, -0.2) is 64.6 Å². The summed E-state index contributed by atoms with van der Waals surface area (Å²) in [6.45, 7) is 11.4. The zero-order valence-electron chi connectivity index (χ0n) is 21.3. The minimum atomic E-state index is -1.08. The summed E-state index contributed by atoms with van der Waals surface area (Å²) in [5.74, 6) is -2.46. The Labute approximate surface area is 202 Å². The number of nitrogens with zero attached hydrogens (tertiary/aromatic N) is 1. The van der Waals surface area contributed by atoms with Gasteiger partial charge < -0.3 is 26.6 Å². The van der Waals surface area contributed by atoms with Crippen LogP contribution in [0.2, 0.25) is 0 Å². The minimum absolute atomic E-state index is 0.269. The predicted octanol–water partition coefficient (Wildman–Crippen LogP) is 1.22. The lowest BCUT2D eigenvalue weighted by atomic mass is 9.80. The molecule has 2 aliphatic rings. The normalized spacial score (nSPS) is 20.6. The standard InChI is InChI=1S/C24H41N5O5/c1-23(2,3)18(27-22(34)28-24(4,5)6)21(33)29-12-8-11-16(29)20(32)26-15(17(30)19(25)31)13-14-9-7-10-14/h14-16,18H,7-13H2,1-6H3,(H2,25,31)(H,26,32)(H2,27,28,34)/t15?,16-,18?/m0/s1. The molecule has 3 atom stereocenters. The maximum Gasteiger partial charge on any atom is 0.315 e. The molecule has 5 N–H and O–H groups in total. The Bertz CT molecular complexity index is 810. The fourth-order valence-corrected chi connectivity index (χ4v) is 4.36. The molecule has 0 aromatic carbocycles. The SMILES string of the molecule is CC(C)(C)NC(=O)NC(C(=O)N1CCC[C@H]1C(=O)NC(CC1CCC1)C(=O)C(N)=O)C(C)(C)C. The number of nitrogens with one attached hydrogen (secondary N) is 3. The van der Waals surface area contributed by atoms with Gasteiger partial charge in [-0.15, -0.1) is 0 Å². The van der Waals surface area contributed by atoms with Crippen molar-refractivity contribution in [1.82, 2.24) is 20.9 Å². The van der Waals surface area contributed by atoms with Gasteiger partial charge in [0, 0.05) is 12.1 Å². The van der Waals surface area contributed by atoms with Crippen molar-refractivity contribution in [1.29, 1.82) is 0 Å². The average molecular weight is 480 g/mol. The molecule has 2 unspecified atom stereocenters. The third kappa shape index (κ3) is 7.43. The smallest absolute Gasteiger partial charge is 0.315 e. The summed E-state index contributed by atoms with van der Waals surface area (Å²) in [6, 6.07) is -3.09. The zero-order valence-corrected chi connectivity index (χ0v) is 21.3. The van der Waals surface area contributed by atoms with Crippen LogP contribution in [0.4, 0.5) is 4.79 Å². The van der Waals surface area contributed by atoms with Gasteiger partial charge in [0.1, 0.15) is 12.1 Å². The lowest BCUT2D eigenvalue weighted by molar-refractivity contribution is -0.143. The summed E-state index contributed by atoms with van der Waals surface area (Å²) in [4.78, 5) is 64.5. The summed E-state index contributed by atoms with van der Waals surface area (Å²) >= 11 is 0. The molecule has 1 aliphatic carbocycles. The van der Waals surface area contributed by atoms with Crippen molar-refractivity contribution in [3.05, 3.63) is 0 Å². The Kier molecular flexibility index (Phi) is 8.71. The van der Waals surface area contributed by atoms with Gasteiger partial charge in [0.2, 0.25) is 17.6 Å². The molecule has 0 radical (unpaired) electrons. The summed E-state index contributed by atoms with van der Waals surface area (Å²) < 4.78 is 0. The minimum Gasteiger partial charge on any atom is -0.363 e. The molecule has 192 valence electrons. The van der Waals surface area contributed by atoms with E-state index in [1.807, 2.05) is 41.5 Å². The molecule has 1 saturated carbocycles. The highest BCUT2D eigenvalue weighted by molar-refractivity contribution is 6.37. The van der Waals surface area contributed by atoms with Crippen LogP contribution in [0.15, 0.2) is 0 Å². The van der Waals surface area contributed by atoms with E-state index in [1.165, 1.54) is 4.90 Å². The summed E-state index contributed by atoms with van der Waals surface area (Å²) in [5.41, 5.74) is 4.12. The Morgan fingerprint density at radius 3 is 2.03 bits per heavy atom. The first-order valence-electron chi connectivity index (χ1n) is 12.1. The number of rotatable bonds is 8. The number of hydrogen-bond acceptors (Lipinski definition) is 5. The molecule has 34 heavy (non-hydrogen) atoms. The average Bonchev–Trinajstić information content (AvgIpc) is 3.14. The van der Waals surface area contributed by atoms with Crippen LogP contribution >= 0.6 is 0 Å². The van der Waals surface area contributed by atoms with E-state index in [4.69, 9.17) is 5.73 Å². The van der Waals surface area contributed by atoms with Crippen LogP contribution in [0.1, 0.15) is 80.1 Å². The van der Waals surface area contributed by atoms with Crippen molar-refractivity contribution in [2.75, 3.05) is 6.54 Å². The number of carbonyl (C=O) groups is 5. The monoisotopic (exact) mass is 479 g/mol. The highest BCUT2D eigenvalue weighted by Crippen LogP contribution is 2.31. The summed E-state index contributed by atoms with van der Waals surface area (Å²) in [6.07, 6.45) is 4.37. The Morgan fingerprint density at radius 1 is 0.941 bits per heavy atom. The van der Waals surface area contributed by atoms with Crippen LogP contribution in [0.25, 0.3) is 0 Å². The van der Waals surface area contributed by atoms with Crippen molar-refractivity contribution in [2.24, 2.45) is 17.1 Å². The van der Waals surface area contributed by atoms with Crippen molar-refractivity contribution in [3.8, 4) is 0 Å². The molecule has 0 aromatic heterocycles. The molecular formula is C24H41N5O5. The van der Waals surface area contributed by atoms with Gasteiger partial charge in [0.05, 0.1) is 6.04 Å². The van der Waals surface area contributed by atoms with Gasteiger partial charge in [0.15, 0.2) is 0 Å².